The summed E-state index contributed by atoms with van der Waals surface area (Å²) in [6, 6.07) is 8.54. The van der Waals surface area contributed by atoms with Gasteiger partial charge in [-0.05, 0) is 84.8 Å². The SMILES string of the molecule is CN1CCc2c(cc(Nc3ncc(Cl)c(N4CC(C(=O)O)c5cc(F)ccc54)n3)cc2C2CC2)C1. The molecule has 180 valence electrons. The van der Waals surface area contributed by atoms with Crippen molar-refractivity contribution >= 4 is 40.7 Å². The van der Waals surface area contributed by atoms with E-state index in [2.05, 4.69) is 39.4 Å². The molecule has 1 fully saturated rings. The van der Waals surface area contributed by atoms with Gasteiger partial charge in [0.05, 0.1) is 6.20 Å². The van der Waals surface area contributed by atoms with E-state index >= 15 is 0 Å². The van der Waals surface area contributed by atoms with E-state index in [0.717, 1.165) is 25.2 Å². The minimum atomic E-state index is -1.02. The number of nitrogens with zero attached hydrogens (tertiary/aromatic N) is 4. The molecule has 0 radical (unpaired) electrons. The summed E-state index contributed by atoms with van der Waals surface area (Å²) in [6.45, 7) is 2.10. The highest BCUT2D eigenvalue weighted by atomic mass is 35.5. The van der Waals surface area contributed by atoms with Crippen LogP contribution in [0.3, 0.4) is 0 Å². The van der Waals surface area contributed by atoms with Crippen molar-refractivity contribution in [2.45, 2.75) is 37.6 Å². The molecule has 1 atom stereocenters. The first-order valence-electron chi connectivity index (χ1n) is 11.8. The molecule has 1 aliphatic carbocycles. The molecule has 1 unspecified atom stereocenters. The molecule has 7 nitrogen and oxygen atoms in total. The third-order valence-corrected chi connectivity index (χ3v) is 7.40. The van der Waals surface area contributed by atoms with Crippen LogP contribution in [0, 0.1) is 5.82 Å². The quantitative estimate of drug-likeness (QED) is 0.505. The Bertz CT molecular complexity index is 1350. The molecule has 2 N–H and O–H groups in total. The topological polar surface area (TPSA) is 81.6 Å². The van der Waals surface area contributed by atoms with Crippen molar-refractivity contribution in [1.29, 1.82) is 0 Å². The first kappa shape index (κ1) is 22.2. The second-order valence-electron chi connectivity index (χ2n) is 9.66. The van der Waals surface area contributed by atoms with Gasteiger partial charge in [0.2, 0.25) is 5.95 Å². The third kappa shape index (κ3) is 4.10. The number of aromatic nitrogens is 2. The lowest BCUT2D eigenvalue weighted by Crippen LogP contribution is -2.27. The normalized spacial score (nSPS) is 19.4. The fourth-order valence-electron chi connectivity index (χ4n) is 5.28. The minimum absolute atomic E-state index is 0.112. The second kappa shape index (κ2) is 8.46. The van der Waals surface area contributed by atoms with Crippen LogP contribution in [0.1, 0.15) is 46.9 Å². The molecule has 1 aromatic heterocycles. The predicted octanol–water partition coefficient (Wildman–Crippen LogP) is 5.20. The first-order chi connectivity index (χ1) is 16.9. The standard InChI is InChI=1S/C26H25ClFN5O2/c1-32-7-6-18-15(12-32)8-17(10-19(18)14-2-3-14)30-26-29-11-22(27)24(31-26)33-13-21(25(34)35)20-9-16(28)4-5-23(20)33/h4-5,8-11,14,21H,2-3,6-7,12-13H2,1H3,(H,34,35)(H,29,30,31). The Balaban J connectivity index is 1.35. The van der Waals surface area contributed by atoms with Crippen LogP contribution in [0.25, 0.3) is 0 Å². The summed E-state index contributed by atoms with van der Waals surface area (Å²) in [5, 5.41) is 13.3. The minimum Gasteiger partial charge on any atom is -0.481 e. The van der Waals surface area contributed by atoms with Gasteiger partial charge in [-0.25, -0.2) is 9.37 Å². The number of nitrogens with one attached hydrogen (secondary N) is 1. The number of carbonyl (C=O) groups is 1. The highest BCUT2D eigenvalue weighted by Gasteiger charge is 2.36. The Morgan fingerprint density at radius 1 is 1.23 bits per heavy atom. The molecule has 0 amide bonds. The predicted molar refractivity (Wildman–Crippen MR) is 133 cm³/mol. The molecule has 3 heterocycles. The van der Waals surface area contributed by atoms with Crippen LogP contribution in [-0.2, 0) is 17.8 Å². The lowest BCUT2D eigenvalue weighted by atomic mass is 9.91. The number of rotatable bonds is 5. The van der Waals surface area contributed by atoms with Crippen LogP contribution in [-0.4, -0.2) is 46.1 Å². The van der Waals surface area contributed by atoms with Crippen molar-refractivity contribution in [3.8, 4) is 0 Å². The number of likely N-dealkylation sites (N-methyl/N-ethyl adjacent to an activating group) is 1. The van der Waals surface area contributed by atoms with E-state index in [1.165, 1.54) is 47.9 Å². The second-order valence-corrected chi connectivity index (χ2v) is 10.1. The molecular weight excluding hydrogens is 469 g/mol. The molecule has 0 bridgehead atoms. The molecule has 35 heavy (non-hydrogen) atoms. The zero-order valence-electron chi connectivity index (χ0n) is 19.3. The van der Waals surface area contributed by atoms with Gasteiger partial charge in [-0.15, -0.1) is 0 Å². The first-order valence-corrected chi connectivity index (χ1v) is 12.2. The van der Waals surface area contributed by atoms with Gasteiger partial charge in [-0.1, -0.05) is 11.6 Å². The number of anilines is 4. The van der Waals surface area contributed by atoms with E-state index < -0.39 is 17.7 Å². The number of hydrogen-bond donors (Lipinski definition) is 2. The lowest BCUT2D eigenvalue weighted by Gasteiger charge is -2.28. The fraction of sp³-hybridized carbons (Fsp3) is 0.346. The summed E-state index contributed by atoms with van der Waals surface area (Å²) in [7, 11) is 2.14. The maximum atomic E-state index is 13.9. The molecule has 6 rings (SSSR count). The van der Waals surface area contributed by atoms with Crippen molar-refractivity contribution in [2.75, 3.05) is 30.4 Å². The van der Waals surface area contributed by atoms with E-state index in [1.807, 2.05) is 0 Å². The van der Waals surface area contributed by atoms with Gasteiger partial charge in [0.15, 0.2) is 5.82 Å². The Morgan fingerprint density at radius 3 is 2.83 bits per heavy atom. The van der Waals surface area contributed by atoms with Crippen LogP contribution in [0.4, 0.5) is 27.5 Å². The van der Waals surface area contributed by atoms with Crippen LogP contribution < -0.4 is 10.2 Å². The maximum absolute atomic E-state index is 13.9. The maximum Gasteiger partial charge on any atom is 0.312 e. The Hall–Kier alpha value is -3.23. The van der Waals surface area contributed by atoms with E-state index in [0.29, 0.717) is 34.0 Å². The zero-order chi connectivity index (χ0) is 24.3. The van der Waals surface area contributed by atoms with Gasteiger partial charge in [0.1, 0.15) is 16.8 Å². The molecular formula is C26H25ClFN5O2. The van der Waals surface area contributed by atoms with Crippen molar-refractivity contribution < 1.29 is 14.3 Å². The molecule has 3 aliphatic rings. The average Bonchev–Trinajstić information content (AvgIpc) is 3.60. The average molecular weight is 494 g/mol. The van der Waals surface area contributed by atoms with Gasteiger partial charge in [-0.3, -0.25) is 4.79 Å². The Morgan fingerprint density at radius 2 is 2.06 bits per heavy atom. The van der Waals surface area contributed by atoms with Crippen LogP contribution in [0.2, 0.25) is 5.02 Å². The Kier molecular flexibility index (Phi) is 5.38. The monoisotopic (exact) mass is 493 g/mol. The van der Waals surface area contributed by atoms with Crippen LogP contribution >= 0.6 is 11.6 Å². The van der Waals surface area contributed by atoms with E-state index in [-0.39, 0.29) is 6.54 Å². The summed E-state index contributed by atoms with van der Waals surface area (Å²) in [4.78, 5) is 24.9. The number of halogens is 2. The molecule has 3 aromatic rings. The zero-order valence-corrected chi connectivity index (χ0v) is 20.0. The summed E-state index contributed by atoms with van der Waals surface area (Å²) in [6.07, 6.45) is 5.04. The van der Waals surface area contributed by atoms with Gasteiger partial charge in [0.25, 0.3) is 0 Å². The van der Waals surface area contributed by atoms with Crippen molar-refractivity contribution in [3.63, 3.8) is 0 Å². The number of carboxylic acid groups (broad SMARTS) is 1. The summed E-state index contributed by atoms with van der Waals surface area (Å²) < 4.78 is 13.9. The number of hydrogen-bond acceptors (Lipinski definition) is 6. The van der Waals surface area contributed by atoms with Gasteiger partial charge >= 0.3 is 5.97 Å². The van der Waals surface area contributed by atoms with Crippen LogP contribution in [0.5, 0.6) is 0 Å². The van der Waals surface area contributed by atoms with Gasteiger partial charge in [0, 0.05) is 31.0 Å². The van der Waals surface area contributed by atoms with E-state index in [4.69, 9.17) is 11.6 Å². The highest BCUT2D eigenvalue weighted by Crippen LogP contribution is 2.45. The number of aliphatic carboxylic acids is 1. The molecule has 2 aromatic carbocycles. The fourth-order valence-corrected chi connectivity index (χ4v) is 5.48. The van der Waals surface area contributed by atoms with Crippen molar-refractivity contribution in [3.05, 3.63) is 69.6 Å². The van der Waals surface area contributed by atoms with Crippen molar-refractivity contribution in [2.24, 2.45) is 0 Å². The Labute approximate surface area is 207 Å². The number of benzene rings is 2. The molecule has 0 saturated heterocycles. The van der Waals surface area contributed by atoms with Gasteiger partial charge in [-0.2, -0.15) is 4.98 Å². The van der Waals surface area contributed by atoms with E-state index in [1.54, 1.807) is 11.0 Å². The third-order valence-electron chi connectivity index (χ3n) is 7.13. The lowest BCUT2D eigenvalue weighted by molar-refractivity contribution is -0.138. The van der Waals surface area contributed by atoms with Crippen LogP contribution in [0.15, 0.2) is 36.5 Å². The number of fused-ring (bicyclic) bond motifs is 2. The smallest absolute Gasteiger partial charge is 0.312 e. The summed E-state index contributed by atoms with van der Waals surface area (Å²) >= 11 is 6.47. The molecule has 2 aliphatic heterocycles. The largest absolute Gasteiger partial charge is 0.481 e. The van der Waals surface area contributed by atoms with Crippen molar-refractivity contribution in [1.82, 2.24) is 14.9 Å². The highest BCUT2D eigenvalue weighted by molar-refractivity contribution is 6.33. The summed E-state index contributed by atoms with van der Waals surface area (Å²) in [5.41, 5.74) is 6.16. The molecule has 1 saturated carbocycles. The van der Waals surface area contributed by atoms with E-state index in [9.17, 15) is 14.3 Å². The van der Waals surface area contributed by atoms with Gasteiger partial charge < -0.3 is 20.2 Å². The number of carboxylic acids is 1. The molecule has 0 spiro atoms. The molecule has 9 heteroatoms. The summed E-state index contributed by atoms with van der Waals surface area (Å²) in [5.74, 6) is -0.975.